The Bertz CT molecular complexity index is 1100. The lowest BCUT2D eigenvalue weighted by atomic mass is 10.2. The molecule has 0 saturated carbocycles. The lowest BCUT2D eigenvalue weighted by molar-refractivity contribution is -0.384. The zero-order chi connectivity index (χ0) is 21.1. The number of rotatable bonds is 6. The molecule has 0 radical (unpaired) electrons. The van der Waals surface area contributed by atoms with E-state index in [0.717, 1.165) is 5.69 Å². The normalized spacial score (nSPS) is 10.9. The van der Waals surface area contributed by atoms with Crippen molar-refractivity contribution in [2.24, 2.45) is 0 Å². The number of anilines is 1. The number of benzene rings is 2. The van der Waals surface area contributed by atoms with Crippen molar-refractivity contribution in [1.82, 2.24) is 9.13 Å². The van der Waals surface area contributed by atoms with Gasteiger partial charge in [-0.05, 0) is 39.0 Å². The monoisotopic (exact) mass is 394 g/mol. The first-order valence-electron chi connectivity index (χ1n) is 9.20. The third kappa shape index (κ3) is 4.11. The standard InChI is InChI=1S/C21H22N4O4/c1-15(2)24(17-8-5-4-6-9-17)20(26)14-22-16(3)13-23(21(22)27)18-10-7-11-19(12-18)25(28)29/h4-13,15H,14H2,1-3H3. The second-order valence-corrected chi connectivity index (χ2v) is 6.98. The van der Waals surface area contributed by atoms with Gasteiger partial charge in [0.1, 0.15) is 6.54 Å². The Morgan fingerprint density at radius 3 is 2.45 bits per heavy atom. The van der Waals surface area contributed by atoms with E-state index >= 15 is 0 Å². The molecule has 0 saturated heterocycles. The third-order valence-electron chi connectivity index (χ3n) is 4.61. The Labute approximate surface area is 167 Å². The molecule has 0 aliphatic rings. The Balaban J connectivity index is 1.95. The summed E-state index contributed by atoms with van der Waals surface area (Å²) in [6, 6.07) is 15.0. The summed E-state index contributed by atoms with van der Waals surface area (Å²) in [5.74, 6) is -0.215. The average Bonchev–Trinajstić information content (AvgIpc) is 2.97. The molecule has 150 valence electrons. The molecular weight excluding hydrogens is 372 g/mol. The van der Waals surface area contributed by atoms with Gasteiger partial charge < -0.3 is 4.90 Å². The molecule has 1 aromatic heterocycles. The molecular formula is C21H22N4O4. The summed E-state index contributed by atoms with van der Waals surface area (Å²) in [4.78, 5) is 38.1. The van der Waals surface area contributed by atoms with E-state index in [2.05, 4.69) is 0 Å². The first kappa shape index (κ1) is 20.1. The van der Waals surface area contributed by atoms with Crippen LogP contribution in [0.3, 0.4) is 0 Å². The highest BCUT2D eigenvalue weighted by Crippen LogP contribution is 2.18. The Hall–Kier alpha value is -3.68. The molecule has 0 aliphatic heterocycles. The number of nitrogens with zero attached hydrogens (tertiary/aromatic N) is 4. The summed E-state index contributed by atoms with van der Waals surface area (Å²) < 4.78 is 2.69. The highest BCUT2D eigenvalue weighted by Gasteiger charge is 2.22. The molecule has 8 heteroatoms. The molecule has 8 nitrogen and oxygen atoms in total. The summed E-state index contributed by atoms with van der Waals surface area (Å²) in [5.41, 5.74) is 1.20. The summed E-state index contributed by atoms with van der Waals surface area (Å²) >= 11 is 0. The molecule has 3 rings (SSSR count). The van der Waals surface area contributed by atoms with Crippen LogP contribution in [0.4, 0.5) is 11.4 Å². The van der Waals surface area contributed by atoms with Gasteiger partial charge in [-0.1, -0.05) is 24.3 Å². The average molecular weight is 394 g/mol. The number of non-ortho nitro benzene ring substituents is 1. The van der Waals surface area contributed by atoms with E-state index in [-0.39, 0.29) is 24.2 Å². The van der Waals surface area contributed by atoms with Gasteiger partial charge in [0.15, 0.2) is 0 Å². The summed E-state index contributed by atoms with van der Waals surface area (Å²) in [6.07, 6.45) is 1.58. The van der Waals surface area contributed by atoms with Crippen molar-refractivity contribution in [3.8, 4) is 5.69 Å². The van der Waals surface area contributed by atoms with Gasteiger partial charge in [0.25, 0.3) is 5.69 Å². The largest absolute Gasteiger partial charge is 0.333 e. The molecule has 3 aromatic rings. The van der Waals surface area contributed by atoms with E-state index < -0.39 is 10.6 Å². The molecule has 0 N–H and O–H groups in total. The van der Waals surface area contributed by atoms with Crippen LogP contribution in [0.15, 0.2) is 65.6 Å². The topological polar surface area (TPSA) is 90.4 Å². The van der Waals surface area contributed by atoms with Gasteiger partial charge in [0.2, 0.25) is 5.91 Å². The Morgan fingerprint density at radius 2 is 1.83 bits per heavy atom. The van der Waals surface area contributed by atoms with E-state index in [1.165, 1.54) is 27.3 Å². The number of carbonyl (C=O) groups is 1. The number of aryl methyl sites for hydroxylation is 1. The number of hydrogen-bond acceptors (Lipinski definition) is 4. The zero-order valence-corrected chi connectivity index (χ0v) is 16.5. The number of nitro benzene ring substituents is 1. The molecule has 0 atom stereocenters. The molecule has 0 fully saturated rings. The molecule has 0 unspecified atom stereocenters. The van der Waals surface area contributed by atoms with Crippen LogP contribution in [-0.4, -0.2) is 26.0 Å². The molecule has 2 aromatic carbocycles. The fourth-order valence-electron chi connectivity index (χ4n) is 3.26. The van der Waals surface area contributed by atoms with Crippen LogP contribution in [0.5, 0.6) is 0 Å². The summed E-state index contributed by atoms with van der Waals surface area (Å²) in [5, 5.41) is 11.0. The minimum Gasteiger partial charge on any atom is -0.308 e. The maximum absolute atomic E-state index is 13.0. The van der Waals surface area contributed by atoms with Gasteiger partial charge in [0, 0.05) is 35.8 Å². The lowest BCUT2D eigenvalue weighted by Crippen LogP contribution is -2.41. The fourth-order valence-corrected chi connectivity index (χ4v) is 3.26. The third-order valence-corrected chi connectivity index (χ3v) is 4.61. The second-order valence-electron chi connectivity index (χ2n) is 6.98. The van der Waals surface area contributed by atoms with Gasteiger partial charge in [-0.15, -0.1) is 0 Å². The van der Waals surface area contributed by atoms with Crippen molar-refractivity contribution in [2.75, 3.05) is 4.90 Å². The molecule has 29 heavy (non-hydrogen) atoms. The van der Waals surface area contributed by atoms with Crippen molar-refractivity contribution >= 4 is 17.3 Å². The van der Waals surface area contributed by atoms with Crippen LogP contribution in [0.25, 0.3) is 5.69 Å². The number of nitro groups is 1. The van der Waals surface area contributed by atoms with Crippen molar-refractivity contribution < 1.29 is 9.72 Å². The second kappa shape index (κ2) is 8.14. The van der Waals surface area contributed by atoms with Crippen molar-refractivity contribution in [3.05, 3.63) is 87.1 Å². The van der Waals surface area contributed by atoms with E-state index in [0.29, 0.717) is 11.4 Å². The van der Waals surface area contributed by atoms with Crippen molar-refractivity contribution in [1.29, 1.82) is 0 Å². The fraction of sp³-hybridized carbons (Fsp3) is 0.238. The van der Waals surface area contributed by atoms with Crippen LogP contribution < -0.4 is 10.6 Å². The quantitative estimate of drug-likeness (QED) is 0.474. The van der Waals surface area contributed by atoms with Crippen molar-refractivity contribution in [2.45, 2.75) is 33.4 Å². The lowest BCUT2D eigenvalue weighted by Gasteiger charge is -2.27. The predicted molar refractivity (Wildman–Crippen MR) is 110 cm³/mol. The number of imidazole rings is 1. The number of amides is 1. The van der Waals surface area contributed by atoms with Crippen LogP contribution in [-0.2, 0) is 11.3 Å². The van der Waals surface area contributed by atoms with E-state index in [1.54, 1.807) is 24.1 Å². The van der Waals surface area contributed by atoms with Crippen LogP contribution in [0.2, 0.25) is 0 Å². The highest BCUT2D eigenvalue weighted by atomic mass is 16.6. The SMILES string of the molecule is Cc1cn(-c2cccc([N+](=O)[O-])c2)c(=O)n1CC(=O)N(c1ccccc1)C(C)C. The van der Waals surface area contributed by atoms with Crippen LogP contribution in [0.1, 0.15) is 19.5 Å². The first-order chi connectivity index (χ1) is 13.8. The molecule has 0 bridgehead atoms. The predicted octanol–water partition coefficient (Wildman–Crippen LogP) is 3.30. The molecule has 0 aliphatic carbocycles. The Morgan fingerprint density at radius 1 is 1.14 bits per heavy atom. The van der Waals surface area contributed by atoms with Gasteiger partial charge in [-0.25, -0.2) is 4.79 Å². The maximum atomic E-state index is 13.0. The summed E-state index contributed by atoms with van der Waals surface area (Å²) in [7, 11) is 0. The van der Waals surface area contributed by atoms with Gasteiger partial charge in [-0.3, -0.25) is 24.0 Å². The summed E-state index contributed by atoms with van der Waals surface area (Å²) in [6.45, 7) is 5.42. The number of para-hydroxylation sites is 1. The van der Waals surface area contributed by atoms with Gasteiger partial charge in [0.05, 0.1) is 10.6 Å². The van der Waals surface area contributed by atoms with Gasteiger partial charge in [-0.2, -0.15) is 0 Å². The van der Waals surface area contributed by atoms with Crippen LogP contribution >= 0.6 is 0 Å². The number of carbonyl (C=O) groups excluding carboxylic acids is 1. The smallest absolute Gasteiger partial charge is 0.308 e. The minimum atomic E-state index is -0.512. The van der Waals surface area contributed by atoms with E-state index in [1.807, 2.05) is 44.2 Å². The van der Waals surface area contributed by atoms with E-state index in [4.69, 9.17) is 0 Å². The zero-order valence-electron chi connectivity index (χ0n) is 16.5. The van der Waals surface area contributed by atoms with E-state index in [9.17, 15) is 19.7 Å². The van der Waals surface area contributed by atoms with Crippen molar-refractivity contribution in [3.63, 3.8) is 0 Å². The minimum absolute atomic E-state index is 0.0835. The Kier molecular flexibility index (Phi) is 5.63. The first-order valence-corrected chi connectivity index (χ1v) is 9.20. The molecule has 0 spiro atoms. The maximum Gasteiger partial charge on any atom is 0.333 e. The number of aromatic nitrogens is 2. The molecule has 1 heterocycles. The number of hydrogen-bond donors (Lipinski definition) is 0. The highest BCUT2D eigenvalue weighted by molar-refractivity contribution is 5.93. The molecule has 1 amide bonds. The van der Waals surface area contributed by atoms with Crippen LogP contribution in [0, 0.1) is 17.0 Å². The van der Waals surface area contributed by atoms with Gasteiger partial charge >= 0.3 is 5.69 Å².